The SMILES string of the molecule is C=CC[C@@H]1CC[C@@H](COCc2ccccc2)N1c1ccc(OC)cc1. The van der Waals surface area contributed by atoms with Gasteiger partial charge in [-0.25, -0.2) is 0 Å². The minimum absolute atomic E-state index is 0.405. The fourth-order valence-electron chi connectivity index (χ4n) is 3.61. The molecule has 2 atom stereocenters. The summed E-state index contributed by atoms with van der Waals surface area (Å²) in [4.78, 5) is 2.51. The molecule has 0 radical (unpaired) electrons. The van der Waals surface area contributed by atoms with Gasteiger partial charge in [-0.3, -0.25) is 0 Å². The molecule has 0 aliphatic carbocycles. The third-order valence-corrected chi connectivity index (χ3v) is 4.85. The summed E-state index contributed by atoms with van der Waals surface area (Å²) in [5, 5.41) is 0. The van der Waals surface area contributed by atoms with Crippen molar-refractivity contribution in [2.75, 3.05) is 18.6 Å². The van der Waals surface area contributed by atoms with Crippen LogP contribution in [0.2, 0.25) is 0 Å². The molecule has 0 spiro atoms. The first kappa shape index (κ1) is 17.6. The molecule has 0 aromatic heterocycles. The minimum Gasteiger partial charge on any atom is -0.497 e. The molecule has 1 fully saturated rings. The number of ether oxygens (including phenoxy) is 2. The Balaban J connectivity index is 1.66. The van der Waals surface area contributed by atoms with E-state index in [0.29, 0.717) is 18.7 Å². The molecule has 3 heteroatoms. The van der Waals surface area contributed by atoms with E-state index >= 15 is 0 Å². The van der Waals surface area contributed by atoms with Gasteiger partial charge in [-0.1, -0.05) is 36.4 Å². The van der Waals surface area contributed by atoms with Crippen molar-refractivity contribution in [2.45, 2.75) is 38.0 Å². The molecule has 2 aromatic carbocycles. The zero-order valence-corrected chi connectivity index (χ0v) is 14.9. The number of rotatable bonds is 8. The standard InChI is InChI=1S/C22H27NO2/c1-3-7-19-10-11-21(17-25-16-18-8-5-4-6-9-18)23(19)20-12-14-22(24-2)15-13-20/h3-6,8-9,12-15,19,21H,1,7,10-11,16-17H2,2H3/t19-,21+/m1/s1. The quantitative estimate of drug-likeness (QED) is 0.644. The summed E-state index contributed by atoms with van der Waals surface area (Å²) in [5.41, 5.74) is 2.46. The molecule has 0 saturated carbocycles. The van der Waals surface area contributed by atoms with Gasteiger partial charge in [-0.05, 0) is 49.1 Å². The second-order valence-electron chi connectivity index (χ2n) is 6.52. The lowest BCUT2D eigenvalue weighted by Crippen LogP contribution is -2.38. The first-order valence-corrected chi connectivity index (χ1v) is 8.96. The van der Waals surface area contributed by atoms with Gasteiger partial charge in [-0.2, -0.15) is 0 Å². The molecule has 3 nitrogen and oxygen atoms in total. The highest BCUT2D eigenvalue weighted by molar-refractivity contribution is 5.52. The lowest BCUT2D eigenvalue weighted by molar-refractivity contribution is 0.108. The van der Waals surface area contributed by atoms with Gasteiger partial charge in [-0.15, -0.1) is 6.58 Å². The van der Waals surface area contributed by atoms with Crippen LogP contribution in [-0.4, -0.2) is 25.8 Å². The number of anilines is 1. The predicted molar refractivity (Wildman–Crippen MR) is 103 cm³/mol. The summed E-state index contributed by atoms with van der Waals surface area (Å²) in [6.45, 7) is 5.34. The molecule has 2 aromatic rings. The van der Waals surface area contributed by atoms with Crippen LogP contribution in [0.25, 0.3) is 0 Å². The smallest absolute Gasteiger partial charge is 0.119 e. The van der Waals surface area contributed by atoms with Crippen molar-refractivity contribution >= 4 is 5.69 Å². The van der Waals surface area contributed by atoms with Gasteiger partial charge in [0, 0.05) is 11.7 Å². The molecule has 1 aliphatic heterocycles. The second-order valence-corrected chi connectivity index (χ2v) is 6.52. The Bertz CT molecular complexity index is 653. The lowest BCUT2D eigenvalue weighted by atomic mass is 10.1. The maximum absolute atomic E-state index is 6.03. The monoisotopic (exact) mass is 337 g/mol. The molecule has 0 amide bonds. The maximum atomic E-state index is 6.03. The van der Waals surface area contributed by atoms with Crippen LogP contribution in [0.4, 0.5) is 5.69 Å². The molecule has 1 heterocycles. The van der Waals surface area contributed by atoms with Crippen LogP contribution < -0.4 is 9.64 Å². The third-order valence-electron chi connectivity index (χ3n) is 4.85. The molecule has 132 valence electrons. The van der Waals surface area contributed by atoms with Gasteiger partial charge >= 0.3 is 0 Å². The van der Waals surface area contributed by atoms with Crippen LogP contribution in [0.3, 0.4) is 0 Å². The number of methoxy groups -OCH3 is 1. The van der Waals surface area contributed by atoms with Crippen LogP contribution in [0.15, 0.2) is 67.3 Å². The highest BCUT2D eigenvalue weighted by atomic mass is 16.5. The Morgan fingerprint density at radius 3 is 2.44 bits per heavy atom. The average Bonchev–Trinajstić information content (AvgIpc) is 3.06. The van der Waals surface area contributed by atoms with Crippen molar-refractivity contribution in [3.8, 4) is 5.75 Å². The van der Waals surface area contributed by atoms with Crippen molar-refractivity contribution in [3.05, 3.63) is 72.8 Å². The van der Waals surface area contributed by atoms with Gasteiger partial charge in [0.15, 0.2) is 0 Å². The van der Waals surface area contributed by atoms with Crippen LogP contribution in [0, 0.1) is 0 Å². The predicted octanol–water partition coefficient (Wildman–Crippen LogP) is 4.83. The maximum Gasteiger partial charge on any atom is 0.119 e. The highest BCUT2D eigenvalue weighted by Crippen LogP contribution is 2.33. The van der Waals surface area contributed by atoms with Crippen LogP contribution in [0.1, 0.15) is 24.8 Å². The molecule has 3 rings (SSSR count). The first-order valence-electron chi connectivity index (χ1n) is 8.96. The van der Waals surface area contributed by atoms with E-state index in [1.807, 2.05) is 24.3 Å². The van der Waals surface area contributed by atoms with E-state index in [-0.39, 0.29) is 0 Å². The fourth-order valence-corrected chi connectivity index (χ4v) is 3.61. The van der Waals surface area contributed by atoms with E-state index in [2.05, 4.69) is 47.9 Å². The van der Waals surface area contributed by atoms with Crippen molar-refractivity contribution in [1.82, 2.24) is 0 Å². The molecule has 0 unspecified atom stereocenters. The minimum atomic E-state index is 0.405. The fraction of sp³-hybridized carbons (Fsp3) is 0.364. The molecular formula is C22H27NO2. The van der Waals surface area contributed by atoms with E-state index in [9.17, 15) is 0 Å². The summed E-state index contributed by atoms with van der Waals surface area (Å²) in [6, 6.07) is 19.6. The van der Waals surface area contributed by atoms with E-state index in [0.717, 1.165) is 25.2 Å². The van der Waals surface area contributed by atoms with Gasteiger partial charge in [0.25, 0.3) is 0 Å². The van der Waals surface area contributed by atoms with Gasteiger partial charge in [0.2, 0.25) is 0 Å². The summed E-state index contributed by atoms with van der Waals surface area (Å²) >= 11 is 0. The Labute approximate surface area is 150 Å². The Morgan fingerprint density at radius 2 is 1.76 bits per heavy atom. The normalized spacial score (nSPS) is 19.8. The number of hydrogen-bond acceptors (Lipinski definition) is 3. The third kappa shape index (κ3) is 4.43. The number of hydrogen-bond donors (Lipinski definition) is 0. The summed E-state index contributed by atoms with van der Waals surface area (Å²) < 4.78 is 11.3. The molecule has 1 saturated heterocycles. The Hall–Kier alpha value is -2.26. The van der Waals surface area contributed by atoms with E-state index in [1.165, 1.54) is 17.7 Å². The average molecular weight is 337 g/mol. The summed E-state index contributed by atoms with van der Waals surface area (Å²) in [5.74, 6) is 0.889. The number of nitrogens with zero attached hydrogens (tertiary/aromatic N) is 1. The molecular weight excluding hydrogens is 310 g/mol. The molecule has 25 heavy (non-hydrogen) atoms. The summed E-state index contributed by atoms with van der Waals surface area (Å²) in [7, 11) is 1.70. The highest BCUT2D eigenvalue weighted by Gasteiger charge is 2.32. The van der Waals surface area contributed by atoms with E-state index in [4.69, 9.17) is 9.47 Å². The van der Waals surface area contributed by atoms with E-state index in [1.54, 1.807) is 7.11 Å². The van der Waals surface area contributed by atoms with E-state index < -0.39 is 0 Å². The van der Waals surface area contributed by atoms with Crippen LogP contribution >= 0.6 is 0 Å². The van der Waals surface area contributed by atoms with Gasteiger partial charge < -0.3 is 14.4 Å². The van der Waals surface area contributed by atoms with Crippen molar-refractivity contribution < 1.29 is 9.47 Å². The van der Waals surface area contributed by atoms with Crippen molar-refractivity contribution in [1.29, 1.82) is 0 Å². The van der Waals surface area contributed by atoms with Crippen molar-refractivity contribution in [3.63, 3.8) is 0 Å². The first-order chi connectivity index (χ1) is 12.3. The van der Waals surface area contributed by atoms with Gasteiger partial charge in [0.1, 0.15) is 5.75 Å². The largest absolute Gasteiger partial charge is 0.497 e. The summed E-state index contributed by atoms with van der Waals surface area (Å²) in [6.07, 6.45) is 5.35. The molecule has 0 N–H and O–H groups in total. The van der Waals surface area contributed by atoms with Crippen LogP contribution in [0.5, 0.6) is 5.75 Å². The zero-order valence-electron chi connectivity index (χ0n) is 14.9. The Morgan fingerprint density at radius 1 is 1.04 bits per heavy atom. The van der Waals surface area contributed by atoms with Gasteiger partial charge in [0.05, 0.1) is 26.4 Å². The van der Waals surface area contributed by atoms with Crippen LogP contribution in [-0.2, 0) is 11.3 Å². The molecule has 1 aliphatic rings. The number of benzene rings is 2. The Kier molecular flexibility index (Phi) is 6.13. The lowest BCUT2D eigenvalue weighted by Gasteiger charge is -2.32. The van der Waals surface area contributed by atoms with Crippen molar-refractivity contribution in [2.24, 2.45) is 0 Å². The molecule has 0 bridgehead atoms. The topological polar surface area (TPSA) is 21.7 Å². The second kappa shape index (κ2) is 8.72. The zero-order chi connectivity index (χ0) is 17.5.